The predicted octanol–water partition coefficient (Wildman–Crippen LogP) is 3.48. The van der Waals surface area contributed by atoms with Gasteiger partial charge in [-0.2, -0.15) is 0 Å². The number of nitrogens with zero attached hydrogens (tertiary/aromatic N) is 1. The Morgan fingerprint density at radius 3 is 2.84 bits per heavy atom. The highest BCUT2D eigenvalue weighted by atomic mass is 19.1. The third-order valence-electron chi connectivity index (χ3n) is 4.37. The lowest BCUT2D eigenvalue weighted by molar-refractivity contribution is 0.175. The highest BCUT2D eigenvalue weighted by Gasteiger charge is 2.35. The summed E-state index contributed by atoms with van der Waals surface area (Å²) in [6.07, 6.45) is -0.263. The average molecular weight is 344 g/mol. The van der Waals surface area contributed by atoms with Crippen LogP contribution in [0.2, 0.25) is 0 Å². The third kappa shape index (κ3) is 3.74. The molecule has 0 aromatic heterocycles. The van der Waals surface area contributed by atoms with Crippen LogP contribution in [0.3, 0.4) is 0 Å². The number of hydrogen-bond donors (Lipinski definition) is 2. The number of aliphatic hydroxyl groups is 1. The molecule has 6 heteroatoms. The number of urea groups is 1. The molecule has 2 N–H and O–H groups in total. The van der Waals surface area contributed by atoms with Gasteiger partial charge in [0.05, 0.1) is 24.9 Å². The van der Waals surface area contributed by atoms with Crippen molar-refractivity contribution < 1.29 is 19.0 Å². The maximum absolute atomic E-state index is 13.5. The minimum Gasteiger partial charge on any atom is -0.495 e. The molecule has 0 radical (unpaired) electrons. The Balaban J connectivity index is 1.83. The van der Waals surface area contributed by atoms with Gasteiger partial charge in [0.2, 0.25) is 0 Å². The topological polar surface area (TPSA) is 61.8 Å². The van der Waals surface area contributed by atoms with Crippen LogP contribution in [0.15, 0.2) is 42.5 Å². The molecule has 2 amide bonds. The standard InChI is InChI=1S/C19H21FN2O3/c1-12-6-7-16(18(8-12)25-2)21-19(24)22-11-15(23)10-17(22)13-4-3-5-14(20)9-13/h3-9,15,17,23H,10-11H2,1-2H3,(H,21,24)/t15-,17+/m1/s1. The number of carbonyl (C=O) groups is 1. The molecule has 1 aliphatic rings. The van der Waals surface area contributed by atoms with E-state index in [9.17, 15) is 14.3 Å². The first kappa shape index (κ1) is 17.2. The summed E-state index contributed by atoms with van der Waals surface area (Å²) in [5.74, 6) is 0.204. The normalized spacial score (nSPS) is 19.8. The molecule has 2 aromatic rings. The van der Waals surface area contributed by atoms with Crippen molar-refractivity contribution in [1.82, 2.24) is 4.90 Å². The molecule has 5 nitrogen and oxygen atoms in total. The smallest absolute Gasteiger partial charge is 0.322 e. The number of methoxy groups -OCH3 is 1. The summed E-state index contributed by atoms with van der Waals surface area (Å²) in [7, 11) is 1.54. The fraction of sp³-hybridized carbons (Fsp3) is 0.316. The number of ether oxygens (including phenoxy) is 1. The van der Waals surface area contributed by atoms with Crippen molar-refractivity contribution in [2.75, 3.05) is 19.0 Å². The Labute approximate surface area is 146 Å². The molecule has 25 heavy (non-hydrogen) atoms. The van der Waals surface area contributed by atoms with Gasteiger partial charge < -0.3 is 20.1 Å². The SMILES string of the molecule is COc1cc(C)ccc1NC(=O)N1C[C@H](O)C[C@H]1c1cccc(F)c1. The summed E-state index contributed by atoms with van der Waals surface area (Å²) in [4.78, 5) is 14.3. The van der Waals surface area contributed by atoms with Crippen molar-refractivity contribution in [3.8, 4) is 5.75 Å². The van der Waals surface area contributed by atoms with E-state index in [0.717, 1.165) is 5.56 Å². The summed E-state index contributed by atoms with van der Waals surface area (Å²) in [6.45, 7) is 2.13. The molecule has 1 fully saturated rings. The molecule has 0 bridgehead atoms. The molecule has 0 spiro atoms. The number of carbonyl (C=O) groups excluding carboxylic acids is 1. The largest absolute Gasteiger partial charge is 0.495 e. The van der Waals surface area contributed by atoms with Crippen molar-refractivity contribution in [3.05, 3.63) is 59.4 Å². The molecule has 132 valence electrons. The van der Waals surface area contributed by atoms with Crippen LogP contribution >= 0.6 is 0 Å². The molecule has 1 aliphatic heterocycles. The molecule has 3 rings (SSSR count). The molecule has 1 heterocycles. The van der Waals surface area contributed by atoms with Crippen molar-refractivity contribution in [3.63, 3.8) is 0 Å². The summed E-state index contributed by atoms with van der Waals surface area (Å²) in [5, 5.41) is 12.8. The van der Waals surface area contributed by atoms with Gasteiger partial charge in [-0.1, -0.05) is 18.2 Å². The van der Waals surface area contributed by atoms with Crippen molar-refractivity contribution in [1.29, 1.82) is 0 Å². The zero-order chi connectivity index (χ0) is 18.0. The van der Waals surface area contributed by atoms with E-state index in [-0.39, 0.29) is 24.4 Å². The van der Waals surface area contributed by atoms with Gasteiger partial charge in [-0.05, 0) is 48.7 Å². The maximum atomic E-state index is 13.5. The highest BCUT2D eigenvalue weighted by Crippen LogP contribution is 2.34. The predicted molar refractivity (Wildman–Crippen MR) is 93.2 cm³/mol. The van der Waals surface area contributed by atoms with Gasteiger partial charge in [-0.15, -0.1) is 0 Å². The fourth-order valence-corrected chi connectivity index (χ4v) is 3.16. The zero-order valence-electron chi connectivity index (χ0n) is 14.2. The van der Waals surface area contributed by atoms with Crippen molar-refractivity contribution >= 4 is 11.7 Å². The second-order valence-corrected chi connectivity index (χ2v) is 6.25. The van der Waals surface area contributed by atoms with E-state index in [1.807, 2.05) is 19.1 Å². The van der Waals surface area contributed by atoms with Gasteiger partial charge in [0, 0.05) is 6.54 Å². The van der Waals surface area contributed by atoms with Crippen LogP contribution in [0, 0.1) is 12.7 Å². The lowest BCUT2D eigenvalue weighted by atomic mass is 10.0. The molecule has 0 unspecified atom stereocenters. The molecular formula is C19H21FN2O3. The number of aliphatic hydroxyl groups excluding tert-OH is 1. The summed E-state index contributed by atoms with van der Waals surface area (Å²) in [6, 6.07) is 10.9. The first-order chi connectivity index (χ1) is 12.0. The maximum Gasteiger partial charge on any atom is 0.322 e. The van der Waals surface area contributed by atoms with E-state index in [1.54, 1.807) is 25.3 Å². The minimum atomic E-state index is -0.640. The van der Waals surface area contributed by atoms with E-state index in [4.69, 9.17) is 4.74 Å². The van der Waals surface area contributed by atoms with E-state index in [2.05, 4.69) is 5.32 Å². The number of aryl methyl sites for hydroxylation is 1. The average Bonchev–Trinajstić information content (AvgIpc) is 2.98. The number of amides is 2. The second kappa shape index (κ2) is 7.11. The fourth-order valence-electron chi connectivity index (χ4n) is 3.16. The van der Waals surface area contributed by atoms with Gasteiger partial charge in [0.1, 0.15) is 11.6 Å². The number of halogens is 1. The van der Waals surface area contributed by atoms with Crippen molar-refractivity contribution in [2.45, 2.75) is 25.5 Å². The summed E-state index contributed by atoms with van der Waals surface area (Å²) < 4.78 is 18.8. The van der Waals surface area contributed by atoms with Gasteiger partial charge >= 0.3 is 6.03 Å². The number of benzene rings is 2. The third-order valence-corrected chi connectivity index (χ3v) is 4.37. The Bertz CT molecular complexity index is 781. The van der Waals surface area contributed by atoms with Crippen molar-refractivity contribution in [2.24, 2.45) is 0 Å². The minimum absolute atomic E-state index is 0.196. The molecule has 2 atom stereocenters. The lowest BCUT2D eigenvalue weighted by Gasteiger charge is -2.25. The van der Waals surface area contributed by atoms with E-state index >= 15 is 0 Å². The number of anilines is 1. The lowest BCUT2D eigenvalue weighted by Crippen LogP contribution is -2.35. The van der Waals surface area contributed by atoms with Crippen LogP contribution in [0.1, 0.15) is 23.6 Å². The Morgan fingerprint density at radius 1 is 1.32 bits per heavy atom. The highest BCUT2D eigenvalue weighted by molar-refractivity contribution is 5.91. The summed E-state index contributed by atoms with van der Waals surface area (Å²) in [5.41, 5.74) is 2.24. The number of β-amino-alcohol motifs (C(OH)–C–C–N with tert-alkyl or cyclic N) is 1. The molecule has 0 aliphatic carbocycles. The molecule has 0 saturated carbocycles. The summed E-state index contributed by atoms with van der Waals surface area (Å²) >= 11 is 0. The number of hydrogen-bond acceptors (Lipinski definition) is 3. The zero-order valence-corrected chi connectivity index (χ0v) is 14.2. The van der Waals surface area contributed by atoms with Crippen LogP contribution in [0.4, 0.5) is 14.9 Å². The Hall–Kier alpha value is -2.60. The van der Waals surface area contributed by atoms with E-state index < -0.39 is 6.10 Å². The van der Waals surface area contributed by atoms with Crippen LogP contribution < -0.4 is 10.1 Å². The number of likely N-dealkylation sites (tertiary alicyclic amines) is 1. The quantitative estimate of drug-likeness (QED) is 0.896. The Kier molecular flexibility index (Phi) is 4.90. The van der Waals surface area contributed by atoms with Gasteiger partial charge in [-0.3, -0.25) is 0 Å². The van der Waals surface area contributed by atoms with Gasteiger partial charge in [0.15, 0.2) is 0 Å². The number of nitrogens with one attached hydrogen (secondary N) is 1. The monoisotopic (exact) mass is 344 g/mol. The van der Waals surface area contributed by atoms with Crippen LogP contribution in [0.5, 0.6) is 5.75 Å². The van der Waals surface area contributed by atoms with Crippen LogP contribution in [-0.4, -0.2) is 35.8 Å². The first-order valence-electron chi connectivity index (χ1n) is 8.13. The van der Waals surface area contributed by atoms with E-state index in [0.29, 0.717) is 23.4 Å². The molecular weight excluding hydrogens is 323 g/mol. The van der Waals surface area contributed by atoms with E-state index in [1.165, 1.54) is 17.0 Å². The van der Waals surface area contributed by atoms with Crippen LogP contribution in [0.25, 0.3) is 0 Å². The second-order valence-electron chi connectivity index (χ2n) is 6.25. The van der Waals surface area contributed by atoms with Gasteiger partial charge in [-0.25, -0.2) is 9.18 Å². The van der Waals surface area contributed by atoms with Crippen LogP contribution in [-0.2, 0) is 0 Å². The number of rotatable bonds is 3. The molecule has 2 aromatic carbocycles. The first-order valence-corrected chi connectivity index (χ1v) is 8.13. The Morgan fingerprint density at radius 2 is 2.12 bits per heavy atom. The molecule has 1 saturated heterocycles. The van der Waals surface area contributed by atoms with Gasteiger partial charge in [0.25, 0.3) is 0 Å².